The number of benzene rings is 2. The number of nitrogens with zero attached hydrogens (tertiary/aromatic N) is 3. The molecule has 1 atom stereocenters. The van der Waals surface area contributed by atoms with Crippen LogP contribution in [0.1, 0.15) is 12.5 Å². The molecule has 2 aromatic carbocycles. The second-order valence-corrected chi connectivity index (χ2v) is 8.64. The molecular formula is C17H13N3O2S2. The number of allylic oxidation sites excluding steroid dienone is 1. The van der Waals surface area contributed by atoms with E-state index in [0.29, 0.717) is 0 Å². The van der Waals surface area contributed by atoms with Crippen molar-refractivity contribution < 1.29 is 4.92 Å². The van der Waals surface area contributed by atoms with Crippen LogP contribution in [0, 0.1) is 10.1 Å². The van der Waals surface area contributed by atoms with Gasteiger partial charge in [0.05, 0.1) is 21.2 Å². The van der Waals surface area contributed by atoms with Gasteiger partial charge in [-0.2, -0.15) is 5.10 Å². The summed E-state index contributed by atoms with van der Waals surface area (Å²) < 4.78 is 1.96. The van der Waals surface area contributed by atoms with E-state index >= 15 is 0 Å². The molecule has 0 bridgehead atoms. The van der Waals surface area contributed by atoms with Gasteiger partial charge in [-0.15, -0.1) is 0 Å². The van der Waals surface area contributed by atoms with E-state index < -0.39 is 0 Å². The summed E-state index contributed by atoms with van der Waals surface area (Å²) in [4.78, 5) is 12.9. The summed E-state index contributed by atoms with van der Waals surface area (Å²) in [5.41, 5.74) is 3.16. The van der Waals surface area contributed by atoms with E-state index in [1.54, 1.807) is 22.9 Å². The molecule has 2 aromatic rings. The first-order valence-electron chi connectivity index (χ1n) is 7.30. The third-order valence-electron chi connectivity index (χ3n) is 3.71. The fourth-order valence-electron chi connectivity index (χ4n) is 2.49. The molecule has 0 saturated heterocycles. The van der Waals surface area contributed by atoms with Crippen molar-refractivity contribution in [2.24, 2.45) is 5.10 Å². The number of nitro benzene ring substituents is 1. The minimum atomic E-state index is -0.387. The Kier molecular flexibility index (Phi) is 3.74. The van der Waals surface area contributed by atoms with Crippen molar-refractivity contribution >= 4 is 47.4 Å². The van der Waals surface area contributed by atoms with Crippen molar-refractivity contribution in [3.8, 4) is 0 Å². The molecule has 7 heteroatoms. The molecule has 2 aliphatic heterocycles. The number of non-ortho nitro benzene ring substituents is 1. The molecule has 2 aliphatic rings. The Bertz CT molecular complexity index is 919. The molecule has 0 aliphatic carbocycles. The van der Waals surface area contributed by atoms with Gasteiger partial charge >= 0.3 is 0 Å². The summed E-state index contributed by atoms with van der Waals surface area (Å²) in [6.45, 7) is 2.01. The van der Waals surface area contributed by atoms with E-state index in [1.807, 2.05) is 29.5 Å². The Morgan fingerprint density at radius 2 is 1.83 bits per heavy atom. The lowest BCUT2D eigenvalue weighted by molar-refractivity contribution is -0.384. The van der Waals surface area contributed by atoms with Gasteiger partial charge in [0.2, 0.25) is 0 Å². The Labute approximate surface area is 145 Å². The maximum absolute atomic E-state index is 10.8. The molecule has 0 radical (unpaired) electrons. The molecule has 0 saturated carbocycles. The zero-order chi connectivity index (χ0) is 16.7. The zero-order valence-electron chi connectivity index (χ0n) is 12.7. The van der Waals surface area contributed by atoms with Crippen molar-refractivity contribution in [2.45, 2.75) is 6.92 Å². The molecule has 0 amide bonds. The molecular weight excluding hydrogens is 342 g/mol. The van der Waals surface area contributed by atoms with Crippen LogP contribution in [0.25, 0.3) is 4.91 Å². The molecule has 4 rings (SSSR count). The van der Waals surface area contributed by atoms with E-state index in [0.717, 1.165) is 11.4 Å². The van der Waals surface area contributed by atoms with Gasteiger partial charge in [0, 0.05) is 26.7 Å². The highest BCUT2D eigenvalue weighted by Gasteiger charge is 2.29. The molecule has 0 aromatic heterocycles. The fourth-order valence-corrected chi connectivity index (χ4v) is 6.79. The van der Waals surface area contributed by atoms with Crippen LogP contribution in [0.5, 0.6) is 0 Å². The van der Waals surface area contributed by atoms with Crippen LogP contribution in [0.4, 0.5) is 11.4 Å². The summed E-state index contributed by atoms with van der Waals surface area (Å²) in [5, 5.41) is 15.5. The summed E-state index contributed by atoms with van der Waals surface area (Å²) in [7, 11) is 1.55. The Balaban J connectivity index is 1.64. The zero-order valence-corrected chi connectivity index (χ0v) is 14.4. The van der Waals surface area contributed by atoms with Crippen LogP contribution in [0.2, 0.25) is 0 Å². The summed E-state index contributed by atoms with van der Waals surface area (Å²) >= 11 is 0. The summed E-state index contributed by atoms with van der Waals surface area (Å²) in [5.74, 6) is 0. The van der Waals surface area contributed by atoms with Crippen molar-refractivity contribution in [2.75, 3.05) is 4.41 Å². The molecule has 24 heavy (non-hydrogen) atoms. The standard InChI is InChI=1S/C17H13N3O2S2/c1-12-17-11-16(13-5-3-2-4-6-13)23-24(17)19(18-12)14-7-9-15(10-8-14)20(21)22/h2-11H,1H3. The molecule has 0 spiro atoms. The topological polar surface area (TPSA) is 58.7 Å². The lowest BCUT2D eigenvalue weighted by Crippen LogP contribution is -2.04. The number of anilines is 1. The van der Waals surface area contributed by atoms with Crippen LogP contribution in [-0.4, -0.2) is 15.5 Å². The maximum Gasteiger partial charge on any atom is 0.269 e. The second-order valence-electron chi connectivity index (χ2n) is 5.30. The summed E-state index contributed by atoms with van der Waals surface area (Å²) in [6.07, 6.45) is 2.20. The third kappa shape index (κ3) is 2.55. The number of nitro groups is 1. The highest BCUT2D eigenvalue weighted by Crippen LogP contribution is 2.54. The Morgan fingerprint density at radius 1 is 1.12 bits per heavy atom. The van der Waals surface area contributed by atoms with E-state index in [1.165, 1.54) is 27.5 Å². The average Bonchev–Trinajstić information content (AvgIpc) is 3.17. The Hall–Kier alpha value is -2.38. The smallest absolute Gasteiger partial charge is 0.258 e. The molecule has 120 valence electrons. The van der Waals surface area contributed by atoms with Crippen LogP contribution >= 0.6 is 20.5 Å². The van der Waals surface area contributed by atoms with Gasteiger partial charge in [-0.05, 0) is 41.5 Å². The monoisotopic (exact) mass is 355 g/mol. The lowest BCUT2D eigenvalue weighted by atomic mass is 10.2. The first kappa shape index (κ1) is 15.2. The van der Waals surface area contributed by atoms with Crippen LogP contribution in [0.15, 0.2) is 65.8 Å². The van der Waals surface area contributed by atoms with Crippen LogP contribution in [-0.2, 0) is 0 Å². The maximum atomic E-state index is 10.8. The minimum Gasteiger partial charge on any atom is -0.258 e. The van der Waals surface area contributed by atoms with Crippen LogP contribution in [0.3, 0.4) is 0 Å². The number of rotatable bonds is 3. The highest BCUT2D eigenvalue weighted by atomic mass is 33.1. The van der Waals surface area contributed by atoms with Gasteiger partial charge in [-0.3, -0.25) is 10.1 Å². The third-order valence-corrected chi connectivity index (χ3v) is 7.77. The number of hydrazone groups is 1. The van der Waals surface area contributed by atoms with Gasteiger partial charge in [0.25, 0.3) is 5.69 Å². The van der Waals surface area contributed by atoms with Gasteiger partial charge in [0.15, 0.2) is 0 Å². The van der Waals surface area contributed by atoms with Gasteiger partial charge in [-0.1, -0.05) is 30.3 Å². The molecule has 0 N–H and O–H groups in total. The molecule has 1 unspecified atom stereocenters. The fraction of sp³-hybridized carbons (Fsp3) is 0.0588. The molecule has 0 fully saturated rings. The molecule has 5 nitrogen and oxygen atoms in total. The van der Waals surface area contributed by atoms with Crippen LogP contribution < -0.4 is 4.41 Å². The largest absolute Gasteiger partial charge is 0.269 e. The first-order valence-corrected chi connectivity index (χ1v) is 9.82. The van der Waals surface area contributed by atoms with Gasteiger partial charge < -0.3 is 0 Å². The quantitative estimate of drug-likeness (QED) is 0.342. The lowest BCUT2D eigenvalue weighted by Gasteiger charge is -2.18. The Morgan fingerprint density at radius 3 is 2.50 bits per heavy atom. The predicted octanol–water partition coefficient (Wildman–Crippen LogP) is 4.85. The normalized spacial score (nSPS) is 19.1. The minimum absolute atomic E-state index is 0.0911. The SMILES string of the molecule is CC1=NN(c2ccc([N+](=O)[O-])cc2)S2=C1C=C(c1ccccc1)S2. The van der Waals surface area contributed by atoms with Crippen molar-refractivity contribution in [1.29, 1.82) is 0 Å². The second kappa shape index (κ2) is 5.92. The summed E-state index contributed by atoms with van der Waals surface area (Å²) in [6, 6.07) is 16.8. The van der Waals surface area contributed by atoms with E-state index in [2.05, 4.69) is 23.3 Å². The van der Waals surface area contributed by atoms with Crippen molar-refractivity contribution in [3.63, 3.8) is 0 Å². The van der Waals surface area contributed by atoms with E-state index in [-0.39, 0.29) is 20.3 Å². The number of hydrogen-bond donors (Lipinski definition) is 0. The van der Waals surface area contributed by atoms with Crippen molar-refractivity contribution in [3.05, 3.63) is 76.4 Å². The predicted molar refractivity (Wildman–Crippen MR) is 103 cm³/mol. The average molecular weight is 355 g/mol. The van der Waals surface area contributed by atoms with E-state index in [4.69, 9.17) is 0 Å². The molecule has 2 heterocycles. The van der Waals surface area contributed by atoms with Gasteiger partial charge in [-0.25, -0.2) is 4.41 Å². The number of hydrogen-bond acceptors (Lipinski definition) is 5. The first-order chi connectivity index (χ1) is 11.6. The highest BCUT2D eigenvalue weighted by molar-refractivity contribution is 8.88. The van der Waals surface area contributed by atoms with E-state index in [9.17, 15) is 10.1 Å². The van der Waals surface area contributed by atoms with Gasteiger partial charge in [0.1, 0.15) is 0 Å². The van der Waals surface area contributed by atoms with Crippen molar-refractivity contribution in [1.82, 2.24) is 0 Å².